The summed E-state index contributed by atoms with van der Waals surface area (Å²) < 4.78 is 4.74. The van der Waals surface area contributed by atoms with Crippen LogP contribution in [0.1, 0.15) is 12.0 Å². The van der Waals surface area contributed by atoms with Gasteiger partial charge in [0.15, 0.2) is 0 Å². The third-order valence-electron chi connectivity index (χ3n) is 3.18. The average molecular weight is 251 g/mol. The molecule has 1 aliphatic heterocycles. The van der Waals surface area contributed by atoms with Crippen LogP contribution in [-0.2, 0) is 16.1 Å². The van der Waals surface area contributed by atoms with Gasteiger partial charge in [-0.3, -0.25) is 9.69 Å². The first-order valence-electron chi connectivity index (χ1n) is 5.88. The molecule has 5 nitrogen and oxygen atoms in total. The lowest BCUT2D eigenvalue weighted by Gasteiger charge is -2.21. The maximum Gasteiger partial charge on any atom is 0.323 e. The summed E-state index contributed by atoms with van der Waals surface area (Å²) in [6.07, 6.45) is -0.0867. The predicted octanol–water partition coefficient (Wildman–Crippen LogP) is 0.500. The topological polar surface area (TPSA) is 70.0 Å². The fourth-order valence-corrected chi connectivity index (χ4v) is 2.27. The molecular formula is C13H17NO4. The van der Waals surface area contributed by atoms with Crippen LogP contribution in [-0.4, -0.2) is 46.9 Å². The minimum atomic E-state index is -0.494. The van der Waals surface area contributed by atoms with E-state index in [-0.39, 0.29) is 17.8 Å². The van der Waals surface area contributed by atoms with E-state index in [1.165, 1.54) is 7.11 Å². The first-order chi connectivity index (χ1) is 8.60. The molecule has 1 aromatic rings. The number of benzene rings is 1. The number of hydrogen-bond donors (Lipinski definition) is 2. The summed E-state index contributed by atoms with van der Waals surface area (Å²) in [6.45, 7) is 1.01. The molecule has 1 aliphatic rings. The fraction of sp³-hybridized carbons (Fsp3) is 0.462. The van der Waals surface area contributed by atoms with Gasteiger partial charge in [0.2, 0.25) is 0 Å². The summed E-state index contributed by atoms with van der Waals surface area (Å²) in [5, 5.41) is 18.9. The maximum atomic E-state index is 11.6. The Morgan fingerprint density at radius 2 is 2.11 bits per heavy atom. The summed E-state index contributed by atoms with van der Waals surface area (Å²) in [5.74, 6) is -0.102. The highest BCUT2D eigenvalue weighted by Gasteiger charge is 2.36. The Kier molecular flexibility index (Phi) is 3.84. The van der Waals surface area contributed by atoms with Crippen molar-refractivity contribution in [3.8, 4) is 5.75 Å². The number of rotatable bonds is 3. The third kappa shape index (κ3) is 2.80. The fourth-order valence-electron chi connectivity index (χ4n) is 2.27. The molecule has 2 atom stereocenters. The Balaban J connectivity index is 2.07. The van der Waals surface area contributed by atoms with Crippen LogP contribution in [0.3, 0.4) is 0 Å². The number of hydrogen-bond acceptors (Lipinski definition) is 5. The maximum absolute atomic E-state index is 11.6. The molecule has 0 spiro atoms. The van der Waals surface area contributed by atoms with E-state index in [9.17, 15) is 15.0 Å². The van der Waals surface area contributed by atoms with Gasteiger partial charge in [0.05, 0.1) is 13.2 Å². The number of aliphatic hydroxyl groups is 1. The van der Waals surface area contributed by atoms with E-state index in [4.69, 9.17) is 4.74 Å². The van der Waals surface area contributed by atoms with Crippen LogP contribution in [0.15, 0.2) is 24.3 Å². The zero-order valence-electron chi connectivity index (χ0n) is 10.2. The van der Waals surface area contributed by atoms with Crippen molar-refractivity contribution < 1.29 is 19.7 Å². The number of likely N-dealkylation sites (tertiary alicyclic amines) is 1. The normalized spacial score (nSPS) is 24.1. The van der Waals surface area contributed by atoms with Crippen LogP contribution in [0.4, 0.5) is 0 Å². The lowest BCUT2D eigenvalue weighted by Crippen LogP contribution is -2.36. The first kappa shape index (κ1) is 12.9. The zero-order chi connectivity index (χ0) is 13.1. The Bertz CT molecular complexity index is 418. The molecule has 0 aromatic heterocycles. The number of methoxy groups -OCH3 is 1. The van der Waals surface area contributed by atoms with Crippen molar-refractivity contribution in [1.29, 1.82) is 0 Å². The number of aromatic hydroxyl groups is 1. The number of phenols is 1. The SMILES string of the molecule is COC(=O)C1CC(O)CN1Cc1ccc(O)cc1. The summed E-state index contributed by atoms with van der Waals surface area (Å²) in [5.41, 5.74) is 0.982. The van der Waals surface area contributed by atoms with E-state index in [2.05, 4.69) is 0 Å². The van der Waals surface area contributed by atoms with Gasteiger partial charge in [-0.25, -0.2) is 0 Å². The number of phenolic OH excluding ortho intramolecular Hbond substituents is 1. The van der Waals surface area contributed by atoms with Crippen molar-refractivity contribution >= 4 is 5.97 Å². The van der Waals surface area contributed by atoms with E-state index in [0.717, 1.165) is 5.56 Å². The molecule has 18 heavy (non-hydrogen) atoms. The smallest absolute Gasteiger partial charge is 0.323 e. The van der Waals surface area contributed by atoms with Gasteiger partial charge < -0.3 is 14.9 Å². The summed E-state index contributed by atoms with van der Waals surface area (Å²) in [4.78, 5) is 13.5. The molecule has 5 heteroatoms. The van der Waals surface area contributed by atoms with Crippen LogP contribution < -0.4 is 0 Å². The van der Waals surface area contributed by atoms with E-state index in [1.54, 1.807) is 24.3 Å². The van der Waals surface area contributed by atoms with Gasteiger partial charge in [-0.1, -0.05) is 12.1 Å². The van der Waals surface area contributed by atoms with Crippen LogP contribution in [0, 0.1) is 0 Å². The number of ether oxygens (including phenoxy) is 1. The highest BCUT2D eigenvalue weighted by molar-refractivity contribution is 5.76. The Morgan fingerprint density at radius 1 is 1.44 bits per heavy atom. The lowest BCUT2D eigenvalue weighted by atomic mass is 10.1. The molecule has 0 aliphatic carbocycles. The van der Waals surface area contributed by atoms with E-state index in [0.29, 0.717) is 19.5 Å². The Morgan fingerprint density at radius 3 is 2.72 bits per heavy atom. The van der Waals surface area contributed by atoms with Crippen molar-refractivity contribution in [3.63, 3.8) is 0 Å². The third-order valence-corrected chi connectivity index (χ3v) is 3.18. The molecule has 1 fully saturated rings. The quantitative estimate of drug-likeness (QED) is 0.766. The second-order valence-corrected chi connectivity index (χ2v) is 4.52. The van der Waals surface area contributed by atoms with Crippen molar-refractivity contribution in [2.75, 3.05) is 13.7 Å². The zero-order valence-corrected chi connectivity index (χ0v) is 10.2. The van der Waals surface area contributed by atoms with Gasteiger partial charge in [-0.15, -0.1) is 0 Å². The molecule has 98 valence electrons. The lowest BCUT2D eigenvalue weighted by molar-refractivity contribution is -0.146. The summed E-state index contributed by atoms with van der Waals surface area (Å²) in [7, 11) is 1.35. The minimum Gasteiger partial charge on any atom is -0.508 e. The molecule has 0 saturated carbocycles. The monoisotopic (exact) mass is 251 g/mol. The standard InChI is InChI=1S/C13H17NO4/c1-18-13(17)12-6-11(16)8-14(12)7-9-2-4-10(15)5-3-9/h2-5,11-12,15-16H,6-8H2,1H3. The van der Waals surface area contributed by atoms with Gasteiger partial charge in [-0.05, 0) is 17.7 Å². The molecule has 0 radical (unpaired) electrons. The molecule has 0 bridgehead atoms. The van der Waals surface area contributed by atoms with Crippen molar-refractivity contribution in [2.24, 2.45) is 0 Å². The van der Waals surface area contributed by atoms with Crippen LogP contribution in [0.2, 0.25) is 0 Å². The van der Waals surface area contributed by atoms with Gasteiger partial charge >= 0.3 is 5.97 Å². The van der Waals surface area contributed by atoms with Crippen LogP contribution in [0.25, 0.3) is 0 Å². The minimum absolute atomic E-state index is 0.213. The van der Waals surface area contributed by atoms with Crippen molar-refractivity contribution in [1.82, 2.24) is 4.90 Å². The molecule has 1 saturated heterocycles. The van der Waals surface area contributed by atoms with Crippen LogP contribution in [0.5, 0.6) is 5.75 Å². The highest BCUT2D eigenvalue weighted by atomic mass is 16.5. The average Bonchev–Trinajstić information content (AvgIpc) is 2.72. The molecular weight excluding hydrogens is 234 g/mol. The van der Waals surface area contributed by atoms with Gasteiger partial charge in [-0.2, -0.15) is 0 Å². The first-order valence-corrected chi connectivity index (χ1v) is 5.88. The number of esters is 1. The molecule has 2 unspecified atom stereocenters. The van der Waals surface area contributed by atoms with Gasteiger partial charge in [0, 0.05) is 19.5 Å². The summed E-state index contributed by atoms with van der Waals surface area (Å²) >= 11 is 0. The van der Waals surface area contributed by atoms with E-state index in [1.807, 2.05) is 4.90 Å². The molecule has 1 aromatic carbocycles. The molecule has 2 rings (SSSR count). The number of nitrogens with zero attached hydrogens (tertiary/aromatic N) is 1. The van der Waals surface area contributed by atoms with Crippen molar-refractivity contribution in [2.45, 2.75) is 25.1 Å². The predicted molar refractivity (Wildman–Crippen MR) is 64.9 cm³/mol. The molecule has 1 heterocycles. The number of carbonyl (C=O) groups is 1. The highest BCUT2D eigenvalue weighted by Crippen LogP contribution is 2.22. The number of carbonyl (C=O) groups excluding carboxylic acids is 1. The number of aliphatic hydroxyl groups excluding tert-OH is 1. The number of β-amino-alcohol motifs (C(OH)–C–C–N with tert-alkyl or cyclic N) is 1. The largest absolute Gasteiger partial charge is 0.508 e. The second-order valence-electron chi connectivity index (χ2n) is 4.52. The van der Waals surface area contributed by atoms with E-state index < -0.39 is 6.10 Å². The molecule has 0 amide bonds. The van der Waals surface area contributed by atoms with Crippen LogP contribution >= 0.6 is 0 Å². The Labute approximate surface area is 106 Å². The summed E-state index contributed by atoms with van der Waals surface area (Å²) in [6, 6.07) is 6.42. The molecule has 2 N–H and O–H groups in total. The van der Waals surface area contributed by atoms with Gasteiger partial charge in [0.1, 0.15) is 11.8 Å². The Hall–Kier alpha value is -1.59. The van der Waals surface area contributed by atoms with E-state index >= 15 is 0 Å². The van der Waals surface area contributed by atoms with Gasteiger partial charge in [0.25, 0.3) is 0 Å². The second kappa shape index (κ2) is 5.37. The van der Waals surface area contributed by atoms with Crippen molar-refractivity contribution in [3.05, 3.63) is 29.8 Å².